The van der Waals surface area contributed by atoms with Crippen LogP contribution in [0.25, 0.3) is 0 Å². The molecular weight excluding hydrogens is 311 g/mol. The fourth-order valence-corrected chi connectivity index (χ4v) is 2.09. The number of hydrogen-bond donors (Lipinski definition) is 2. The molecule has 0 heterocycles. The Morgan fingerprint density at radius 2 is 1.90 bits per heavy atom. The average Bonchev–Trinajstić information content (AvgIpc) is 2.25. The molecule has 0 saturated carbocycles. The summed E-state index contributed by atoms with van der Waals surface area (Å²) in [5, 5.41) is 11.3. The highest BCUT2D eigenvalue weighted by atomic mass is 32.2. The Balaban J connectivity index is 2.86. The Morgan fingerprint density at radius 3 is 2.38 bits per heavy atom. The number of aliphatic hydroxyl groups is 1. The molecule has 0 aliphatic rings. The van der Waals surface area contributed by atoms with Gasteiger partial charge in [-0.25, -0.2) is 8.42 Å². The van der Waals surface area contributed by atoms with E-state index in [2.05, 4.69) is 5.32 Å². The van der Waals surface area contributed by atoms with Gasteiger partial charge in [0.15, 0.2) is 15.4 Å². The molecule has 21 heavy (non-hydrogen) atoms. The molecule has 0 aliphatic carbocycles. The fraction of sp³-hybridized carbons (Fsp3) is 0.417. The van der Waals surface area contributed by atoms with Gasteiger partial charge in [0, 0.05) is 11.9 Å². The number of carbonyl (C=O) groups excluding carboxylic acids is 1. The van der Waals surface area contributed by atoms with E-state index in [0.29, 0.717) is 6.92 Å². The van der Waals surface area contributed by atoms with Crippen molar-refractivity contribution >= 4 is 21.4 Å². The molecule has 5 nitrogen and oxygen atoms in total. The minimum atomic E-state index is -4.95. The molecule has 0 fully saturated rings. The first kappa shape index (κ1) is 17.4. The van der Waals surface area contributed by atoms with Gasteiger partial charge in [0.1, 0.15) is 0 Å². The molecule has 0 unspecified atom stereocenters. The van der Waals surface area contributed by atoms with E-state index in [1.54, 1.807) is 0 Å². The van der Waals surface area contributed by atoms with Gasteiger partial charge in [-0.2, -0.15) is 13.2 Å². The van der Waals surface area contributed by atoms with Crippen LogP contribution in [0.15, 0.2) is 29.2 Å². The summed E-state index contributed by atoms with van der Waals surface area (Å²) in [7, 11) is -3.50. The summed E-state index contributed by atoms with van der Waals surface area (Å²) in [6.45, 7) is 0.486. The number of carbonyl (C=O) groups is 1. The Morgan fingerprint density at radius 1 is 1.33 bits per heavy atom. The fourth-order valence-electron chi connectivity index (χ4n) is 1.42. The van der Waals surface area contributed by atoms with E-state index in [0.717, 1.165) is 12.3 Å². The summed E-state index contributed by atoms with van der Waals surface area (Å²) >= 11 is 0. The summed E-state index contributed by atoms with van der Waals surface area (Å²) in [4.78, 5) is 11.4. The molecule has 1 rings (SSSR count). The number of benzene rings is 1. The maximum atomic E-state index is 12.4. The smallest absolute Gasteiger partial charge is 0.380 e. The molecular formula is C12H14F3NO4S. The van der Waals surface area contributed by atoms with Crippen molar-refractivity contribution < 1.29 is 31.5 Å². The summed E-state index contributed by atoms with van der Waals surface area (Å²) < 4.78 is 60.0. The van der Waals surface area contributed by atoms with Crippen LogP contribution in [-0.2, 0) is 14.6 Å². The van der Waals surface area contributed by atoms with Crippen LogP contribution in [0.5, 0.6) is 0 Å². The number of alkyl halides is 3. The average molecular weight is 325 g/mol. The normalized spacial score (nSPS) is 15.3. The number of hydrogen-bond acceptors (Lipinski definition) is 4. The lowest BCUT2D eigenvalue weighted by molar-refractivity contribution is -0.252. The second kappa shape index (κ2) is 5.64. The van der Waals surface area contributed by atoms with E-state index in [1.165, 1.54) is 18.2 Å². The molecule has 0 spiro atoms. The SMILES string of the molecule is C[C@](O)(CC(=O)Nc1cccc(S(C)(=O)=O)c1)C(F)(F)F. The van der Waals surface area contributed by atoms with Crippen molar-refractivity contribution in [3.63, 3.8) is 0 Å². The van der Waals surface area contributed by atoms with Crippen molar-refractivity contribution in [1.82, 2.24) is 0 Å². The third-order valence-corrected chi connectivity index (χ3v) is 3.77. The number of rotatable bonds is 4. The van der Waals surface area contributed by atoms with Crippen molar-refractivity contribution in [2.24, 2.45) is 0 Å². The van der Waals surface area contributed by atoms with Crippen LogP contribution in [0.3, 0.4) is 0 Å². The van der Waals surface area contributed by atoms with Crippen molar-refractivity contribution in [3.8, 4) is 0 Å². The zero-order chi connectivity index (χ0) is 16.5. The predicted octanol–water partition coefficient (Wildman–Crippen LogP) is 1.73. The van der Waals surface area contributed by atoms with Gasteiger partial charge in [0.2, 0.25) is 5.91 Å². The monoisotopic (exact) mass is 325 g/mol. The molecule has 0 aromatic heterocycles. The van der Waals surface area contributed by atoms with Crippen LogP contribution in [0, 0.1) is 0 Å². The largest absolute Gasteiger partial charge is 0.417 e. The Bertz CT molecular complexity index is 638. The minimum absolute atomic E-state index is 0.0286. The van der Waals surface area contributed by atoms with Crippen LogP contribution >= 0.6 is 0 Å². The molecule has 2 N–H and O–H groups in total. The number of amides is 1. The van der Waals surface area contributed by atoms with E-state index >= 15 is 0 Å². The number of sulfone groups is 1. The second-order valence-electron chi connectivity index (χ2n) is 4.80. The number of nitrogens with one attached hydrogen (secondary N) is 1. The Kier molecular flexibility index (Phi) is 4.69. The quantitative estimate of drug-likeness (QED) is 0.883. The topological polar surface area (TPSA) is 83.5 Å². The van der Waals surface area contributed by atoms with Gasteiger partial charge in [0.25, 0.3) is 0 Å². The third-order valence-electron chi connectivity index (χ3n) is 2.66. The van der Waals surface area contributed by atoms with Crippen LogP contribution in [0.2, 0.25) is 0 Å². The van der Waals surface area contributed by atoms with E-state index < -0.39 is 33.9 Å². The summed E-state index contributed by atoms with van der Waals surface area (Å²) in [5.41, 5.74) is -3.13. The number of anilines is 1. The van der Waals surface area contributed by atoms with Crippen LogP contribution in [0.4, 0.5) is 18.9 Å². The lowest BCUT2D eigenvalue weighted by atomic mass is 10.0. The zero-order valence-electron chi connectivity index (χ0n) is 11.2. The van der Waals surface area contributed by atoms with Gasteiger partial charge in [-0.05, 0) is 25.1 Å². The molecule has 0 radical (unpaired) electrons. The molecule has 1 aromatic carbocycles. The minimum Gasteiger partial charge on any atom is -0.380 e. The number of halogens is 3. The molecule has 0 aliphatic heterocycles. The molecule has 9 heteroatoms. The van der Waals surface area contributed by atoms with Crippen LogP contribution in [-0.4, -0.2) is 37.5 Å². The van der Waals surface area contributed by atoms with Crippen molar-refractivity contribution in [2.75, 3.05) is 11.6 Å². The summed E-state index contributed by atoms with van der Waals surface area (Å²) in [5.74, 6) is -1.08. The lowest BCUT2D eigenvalue weighted by Gasteiger charge is -2.25. The van der Waals surface area contributed by atoms with Crippen molar-refractivity contribution in [2.45, 2.75) is 30.0 Å². The van der Waals surface area contributed by atoms with Gasteiger partial charge < -0.3 is 10.4 Å². The maximum absolute atomic E-state index is 12.4. The van der Waals surface area contributed by atoms with E-state index in [-0.39, 0.29) is 10.6 Å². The van der Waals surface area contributed by atoms with E-state index in [4.69, 9.17) is 0 Å². The Hall–Kier alpha value is -1.61. The first-order valence-corrected chi connectivity index (χ1v) is 7.61. The standard InChI is InChI=1S/C12H14F3NO4S/c1-11(18,12(13,14)15)7-10(17)16-8-4-3-5-9(6-8)21(2,19)20/h3-6,18H,7H2,1-2H3,(H,16,17)/t11-/m0/s1. The molecule has 0 bridgehead atoms. The van der Waals surface area contributed by atoms with E-state index in [9.17, 15) is 31.5 Å². The van der Waals surface area contributed by atoms with Gasteiger partial charge in [-0.1, -0.05) is 6.07 Å². The first-order chi connectivity index (χ1) is 9.33. The molecule has 1 aromatic rings. The van der Waals surface area contributed by atoms with Crippen LogP contribution < -0.4 is 5.32 Å². The van der Waals surface area contributed by atoms with Gasteiger partial charge >= 0.3 is 6.18 Å². The second-order valence-corrected chi connectivity index (χ2v) is 6.81. The Labute approximate surface area is 119 Å². The van der Waals surface area contributed by atoms with Crippen molar-refractivity contribution in [1.29, 1.82) is 0 Å². The van der Waals surface area contributed by atoms with E-state index in [1.807, 2.05) is 0 Å². The van der Waals surface area contributed by atoms with Crippen LogP contribution in [0.1, 0.15) is 13.3 Å². The molecule has 118 valence electrons. The lowest BCUT2D eigenvalue weighted by Crippen LogP contribution is -2.44. The maximum Gasteiger partial charge on any atom is 0.417 e. The van der Waals surface area contributed by atoms with Gasteiger partial charge in [-0.3, -0.25) is 4.79 Å². The zero-order valence-corrected chi connectivity index (χ0v) is 12.0. The third kappa shape index (κ3) is 4.71. The first-order valence-electron chi connectivity index (χ1n) is 5.72. The predicted molar refractivity (Wildman–Crippen MR) is 69.5 cm³/mol. The van der Waals surface area contributed by atoms with Gasteiger partial charge in [-0.15, -0.1) is 0 Å². The summed E-state index contributed by atoms with van der Waals surface area (Å²) in [6, 6.07) is 5.08. The molecule has 1 atom stereocenters. The van der Waals surface area contributed by atoms with Crippen molar-refractivity contribution in [3.05, 3.63) is 24.3 Å². The highest BCUT2D eigenvalue weighted by molar-refractivity contribution is 7.90. The molecule has 0 saturated heterocycles. The highest BCUT2D eigenvalue weighted by Crippen LogP contribution is 2.32. The highest BCUT2D eigenvalue weighted by Gasteiger charge is 2.50. The molecule has 1 amide bonds. The van der Waals surface area contributed by atoms with Gasteiger partial charge in [0.05, 0.1) is 11.3 Å². The summed E-state index contributed by atoms with van der Waals surface area (Å²) in [6.07, 6.45) is -5.18.